The van der Waals surface area contributed by atoms with Crippen molar-refractivity contribution in [3.05, 3.63) is 0 Å². The minimum atomic E-state index is 0.677. The summed E-state index contributed by atoms with van der Waals surface area (Å²) in [5.74, 6) is 0. The minimum Gasteiger partial charge on any atom is -0.301 e. The molecule has 0 fully saturated rings. The molecule has 1 aliphatic heterocycles. The van der Waals surface area contributed by atoms with E-state index in [4.69, 9.17) is 0 Å². The lowest BCUT2D eigenvalue weighted by atomic mass is 10.2. The van der Waals surface area contributed by atoms with Gasteiger partial charge in [-0.2, -0.15) is 0 Å². The van der Waals surface area contributed by atoms with Crippen LogP contribution in [0.4, 0.5) is 0 Å². The van der Waals surface area contributed by atoms with Crippen molar-refractivity contribution >= 4 is 6.21 Å². The average molecular weight is 156 g/mol. The first-order valence-corrected chi connectivity index (χ1v) is 4.49. The highest BCUT2D eigenvalue weighted by Crippen LogP contribution is 2.01. The summed E-state index contributed by atoms with van der Waals surface area (Å²) in [5.41, 5.74) is 0. The summed E-state index contributed by atoms with van der Waals surface area (Å²) in [6, 6.07) is 0.677. The van der Waals surface area contributed by atoms with Gasteiger partial charge in [-0.05, 0) is 20.4 Å². The Morgan fingerprint density at radius 2 is 2.09 bits per heavy atom. The number of rotatable bonds is 0. The van der Waals surface area contributed by atoms with Gasteiger partial charge in [0.05, 0.1) is 6.54 Å². The van der Waals surface area contributed by atoms with E-state index < -0.39 is 0 Å². The van der Waals surface area contributed by atoms with Crippen LogP contribution in [-0.4, -0.2) is 37.3 Å². The molecule has 0 aromatic heterocycles. The topological polar surface area (TPSA) is 15.6 Å². The normalized spacial score (nSPS) is 25.3. The zero-order chi connectivity index (χ0) is 8.69. The fourth-order valence-electron chi connectivity index (χ4n) is 0.934. The largest absolute Gasteiger partial charge is 0.301 e. The molecule has 0 aromatic rings. The highest BCUT2D eigenvalue weighted by atomic mass is 15.1. The van der Waals surface area contributed by atoms with Crippen LogP contribution in [0.1, 0.15) is 27.2 Å². The molecule has 1 aliphatic rings. The molecule has 11 heavy (non-hydrogen) atoms. The van der Waals surface area contributed by atoms with E-state index in [0.717, 1.165) is 19.5 Å². The van der Waals surface area contributed by atoms with E-state index in [-0.39, 0.29) is 0 Å². The van der Waals surface area contributed by atoms with E-state index >= 15 is 0 Å². The third kappa shape index (κ3) is 4.14. The fourth-order valence-corrected chi connectivity index (χ4v) is 0.934. The maximum atomic E-state index is 4.20. The van der Waals surface area contributed by atoms with E-state index in [2.05, 4.69) is 23.9 Å². The molecule has 2 nitrogen and oxygen atoms in total. The fraction of sp³-hybridized carbons (Fsp3) is 0.889. The van der Waals surface area contributed by atoms with E-state index in [0.29, 0.717) is 6.04 Å². The van der Waals surface area contributed by atoms with Gasteiger partial charge in [0.25, 0.3) is 0 Å². The SMILES string of the molecule is CC.CC1CC=NCCN1C. The monoisotopic (exact) mass is 156 g/mol. The van der Waals surface area contributed by atoms with Gasteiger partial charge in [-0.15, -0.1) is 0 Å². The van der Waals surface area contributed by atoms with Crippen LogP contribution in [0.5, 0.6) is 0 Å². The van der Waals surface area contributed by atoms with Gasteiger partial charge in [-0.1, -0.05) is 13.8 Å². The first-order chi connectivity index (χ1) is 5.30. The van der Waals surface area contributed by atoms with Crippen LogP contribution in [0.25, 0.3) is 0 Å². The number of nitrogens with zero attached hydrogens (tertiary/aromatic N) is 2. The van der Waals surface area contributed by atoms with Crippen molar-refractivity contribution in [3.8, 4) is 0 Å². The van der Waals surface area contributed by atoms with Crippen molar-refractivity contribution in [2.45, 2.75) is 33.2 Å². The Balaban J connectivity index is 0.000000461. The third-order valence-corrected chi connectivity index (χ3v) is 1.91. The molecule has 1 atom stereocenters. The third-order valence-electron chi connectivity index (χ3n) is 1.91. The predicted octanol–water partition coefficient (Wildman–Crippen LogP) is 1.81. The Morgan fingerprint density at radius 1 is 1.45 bits per heavy atom. The number of aliphatic imine (C=N–C) groups is 1. The van der Waals surface area contributed by atoms with Crippen LogP contribution < -0.4 is 0 Å². The number of hydrogen-bond donors (Lipinski definition) is 0. The Morgan fingerprint density at radius 3 is 2.73 bits per heavy atom. The second-order valence-electron chi connectivity index (χ2n) is 2.65. The second-order valence-corrected chi connectivity index (χ2v) is 2.65. The molecule has 0 aliphatic carbocycles. The highest BCUT2D eigenvalue weighted by Gasteiger charge is 2.08. The first kappa shape index (κ1) is 10.6. The van der Waals surface area contributed by atoms with Crippen LogP contribution in [0.15, 0.2) is 4.99 Å². The van der Waals surface area contributed by atoms with Crippen molar-refractivity contribution in [1.29, 1.82) is 0 Å². The summed E-state index contributed by atoms with van der Waals surface area (Å²) in [5, 5.41) is 0. The molecular formula is C9H20N2. The summed E-state index contributed by atoms with van der Waals surface area (Å²) in [6.07, 6.45) is 3.14. The average Bonchev–Trinajstić information content (AvgIpc) is 2.22. The molecular weight excluding hydrogens is 136 g/mol. The zero-order valence-electron chi connectivity index (χ0n) is 8.17. The molecule has 1 heterocycles. The lowest BCUT2D eigenvalue weighted by Gasteiger charge is -2.19. The molecule has 0 bridgehead atoms. The second kappa shape index (κ2) is 6.35. The van der Waals surface area contributed by atoms with E-state index in [1.807, 2.05) is 20.1 Å². The summed E-state index contributed by atoms with van der Waals surface area (Å²) in [4.78, 5) is 6.55. The molecule has 0 N–H and O–H groups in total. The lowest BCUT2D eigenvalue weighted by Crippen LogP contribution is -2.29. The van der Waals surface area contributed by atoms with Gasteiger partial charge in [0.1, 0.15) is 0 Å². The van der Waals surface area contributed by atoms with Crippen molar-refractivity contribution in [3.63, 3.8) is 0 Å². The molecule has 66 valence electrons. The molecule has 1 unspecified atom stereocenters. The van der Waals surface area contributed by atoms with Gasteiger partial charge < -0.3 is 4.90 Å². The van der Waals surface area contributed by atoms with Crippen molar-refractivity contribution in [2.24, 2.45) is 4.99 Å². The molecule has 2 heteroatoms. The lowest BCUT2D eigenvalue weighted by molar-refractivity contribution is 0.277. The molecule has 0 amide bonds. The Hall–Kier alpha value is -0.370. The maximum absolute atomic E-state index is 4.20. The van der Waals surface area contributed by atoms with Crippen molar-refractivity contribution in [1.82, 2.24) is 4.90 Å². The Labute approximate surface area is 70.3 Å². The van der Waals surface area contributed by atoms with Gasteiger partial charge in [0.15, 0.2) is 0 Å². The Bertz CT molecular complexity index is 110. The van der Waals surface area contributed by atoms with Crippen LogP contribution >= 0.6 is 0 Å². The molecule has 1 rings (SSSR count). The molecule has 0 saturated carbocycles. The van der Waals surface area contributed by atoms with Crippen LogP contribution in [-0.2, 0) is 0 Å². The zero-order valence-corrected chi connectivity index (χ0v) is 8.17. The standard InChI is InChI=1S/C7H14N2.C2H6/c1-7-3-4-8-5-6-9(7)2;1-2/h4,7H,3,5-6H2,1-2H3;1-2H3. The molecule has 0 radical (unpaired) electrons. The van der Waals surface area contributed by atoms with Gasteiger partial charge in [0, 0.05) is 18.8 Å². The maximum Gasteiger partial charge on any atom is 0.0512 e. The molecule has 0 saturated heterocycles. The molecule has 0 spiro atoms. The van der Waals surface area contributed by atoms with Crippen molar-refractivity contribution < 1.29 is 0 Å². The summed E-state index contributed by atoms with van der Waals surface area (Å²) in [6.45, 7) is 8.32. The van der Waals surface area contributed by atoms with E-state index in [1.165, 1.54) is 0 Å². The van der Waals surface area contributed by atoms with Gasteiger partial charge in [-0.3, -0.25) is 4.99 Å². The highest BCUT2D eigenvalue weighted by molar-refractivity contribution is 5.58. The minimum absolute atomic E-state index is 0.677. The predicted molar refractivity (Wildman–Crippen MR) is 51.4 cm³/mol. The van der Waals surface area contributed by atoms with Gasteiger partial charge in [-0.25, -0.2) is 0 Å². The van der Waals surface area contributed by atoms with Gasteiger partial charge >= 0.3 is 0 Å². The number of likely N-dealkylation sites (N-methyl/N-ethyl adjacent to an activating group) is 1. The summed E-state index contributed by atoms with van der Waals surface area (Å²) < 4.78 is 0. The van der Waals surface area contributed by atoms with Gasteiger partial charge in [0.2, 0.25) is 0 Å². The summed E-state index contributed by atoms with van der Waals surface area (Å²) in [7, 11) is 2.15. The molecule has 0 aromatic carbocycles. The smallest absolute Gasteiger partial charge is 0.0512 e. The van der Waals surface area contributed by atoms with Crippen LogP contribution in [0.2, 0.25) is 0 Å². The first-order valence-electron chi connectivity index (χ1n) is 4.49. The summed E-state index contributed by atoms with van der Waals surface area (Å²) >= 11 is 0. The number of hydrogen-bond acceptors (Lipinski definition) is 2. The van der Waals surface area contributed by atoms with E-state index in [9.17, 15) is 0 Å². The van der Waals surface area contributed by atoms with Crippen LogP contribution in [0.3, 0.4) is 0 Å². The van der Waals surface area contributed by atoms with Crippen LogP contribution in [0, 0.1) is 0 Å². The van der Waals surface area contributed by atoms with E-state index in [1.54, 1.807) is 0 Å². The van der Waals surface area contributed by atoms with Crippen molar-refractivity contribution in [2.75, 3.05) is 20.1 Å². The quantitative estimate of drug-likeness (QED) is 0.522. The Kier molecular flexibility index (Phi) is 6.13.